The number of hydrogen-bond acceptors (Lipinski definition) is 4. The number of amides is 2. The van der Waals surface area contributed by atoms with E-state index in [2.05, 4.69) is 4.74 Å². The molecule has 0 N–H and O–H groups in total. The Morgan fingerprint density at radius 3 is 2.41 bits per heavy atom. The molecule has 0 aromatic rings. The molecule has 0 aliphatic carbocycles. The molecule has 0 saturated carbocycles. The van der Waals surface area contributed by atoms with Crippen molar-refractivity contribution in [2.75, 3.05) is 33.3 Å². The molecule has 6 nitrogen and oxygen atoms in total. The normalized spacial score (nSPS) is 16.4. The number of rotatable bonds is 5. The van der Waals surface area contributed by atoms with E-state index in [-0.39, 0.29) is 12.4 Å². The molecule has 0 aromatic heterocycles. The van der Waals surface area contributed by atoms with E-state index >= 15 is 0 Å². The van der Waals surface area contributed by atoms with Crippen molar-refractivity contribution in [3.8, 4) is 0 Å². The van der Waals surface area contributed by atoms with Gasteiger partial charge in [-0.2, -0.15) is 0 Å². The average Bonchev–Trinajstić information content (AvgIpc) is 2.34. The van der Waals surface area contributed by atoms with Gasteiger partial charge in [0.2, 0.25) is 0 Å². The highest BCUT2D eigenvalue weighted by atomic mass is 16.5. The SMILES string of the molecule is CCN1CCN(CCCC(=O)OC)C(=O)C1=O. The van der Waals surface area contributed by atoms with Crippen LogP contribution in [0.2, 0.25) is 0 Å². The van der Waals surface area contributed by atoms with Gasteiger partial charge in [0.15, 0.2) is 0 Å². The summed E-state index contributed by atoms with van der Waals surface area (Å²) in [5.41, 5.74) is 0. The van der Waals surface area contributed by atoms with E-state index in [1.807, 2.05) is 6.92 Å². The monoisotopic (exact) mass is 242 g/mol. The summed E-state index contributed by atoms with van der Waals surface area (Å²) in [5, 5.41) is 0. The van der Waals surface area contributed by atoms with Crippen LogP contribution in [0, 0.1) is 0 Å². The number of carbonyl (C=O) groups is 3. The molecule has 0 aromatic carbocycles. The van der Waals surface area contributed by atoms with E-state index < -0.39 is 11.8 Å². The van der Waals surface area contributed by atoms with Gasteiger partial charge in [0.25, 0.3) is 0 Å². The van der Waals surface area contributed by atoms with Gasteiger partial charge in [-0.15, -0.1) is 0 Å². The smallest absolute Gasteiger partial charge is 0.312 e. The first kappa shape index (κ1) is 13.5. The lowest BCUT2D eigenvalue weighted by Gasteiger charge is -2.33. The summed E-state index contributed by atoms with van der Waals surface area (Å²) >= 11 is 0. The molecule has 2 amide bonds. The van der Waals surface area contributed by atoms with E-state index in [1.165, 1.54) is 16.9 Å². The fourth-order valence-electron chi connectivity index (χ4n) is 1.75. The van der Waals surface area contributed by atoms with Crippen LogP contribution in [0.1, 0.15) is 19.8 Å². The predicted molar refractivity (Wildman–Crippen MR) is 60.1 cm³/mol. The lowest BCUT2D eigenvalue weighted by Crippen LogP contribution is -2.54. The third-order valence-corrected chi connectivity index (χ3v) is 2.82. The van der Waals surface area contributed by atoms with Crippen LogP contribution in [0.5, 0.6) is 0 Å². The molecule has 96 valence electrons. The van der Waals surface area contributed by atoms with Gasteiger partial charge in [-0.25, -0.2) is 0 Å². The maximum Gasteiger partial charge on any atom is 0.312 e. The van der Waals surface area contributed by atoms with Crippen LogP contribution >= 0.6 is 0 Å². The summed E-state index contributed by atoms with van der Waals surface area (Å²) in [5.74, 6) is -1.21. The molecule has 1 heterocycles. The van der Waals surface area contributed by atoms with Gasteiger partial charge in [-0.05, 0) is 13.3 Å². The van der Waals surface area contributed by atoms with Gasteiger partial charge in [0.1, 0.15) is 0 Å². The second kappa shape index (κ2) is 6.22. The Hall–Kier alpha value is -1.59. The summed E-state index contributed by atoms with van der Waals surface area (Å²) in [6, 6.07) is 0. The summed E-state index contributed by atoms with van der Waals surface area (Å²) in [6.45, 7) is 3.94. The third kappa shape index (κ3) is 3.44. The number of likely N-dealkylation sites (N-methyl/N-ethyl adjacent to an activating group) is 1. The van der Waals surface area contributed by atoms with Crippen LogP contribution in [-0.4, -0.2) is 60.9 Å². The fraction of sp³-hybridized carbons (Fsp3) is 0.727. The van der Waals surface area contributed by atoms with Crippen LogP contribution in [0.3, 0.4) is 0 Å². The Bertz CT molecular complexity index is 317. The number of piperazine rings is 1. The molecule has 1 aliphatic rings. The second-order valence-electron chi connectivity index (χ2n) is 3.86. The summed E-state index contributed by atoms with van der Waals surface area (Å²) < 4.78 is 4.50. The van der Waals surface area contributed by atoms with Crippen LogP contribution in [-0.2, 0) is 19.1 Å². The maximum absolute atomic E-state index is 11.7. The van der Waals surface area contributed by atoms with Crippen LogP contribution < -0.4 is 0 Å². The first-order valence-corrected chi connectivity index (χ1v) is 5.75. The summed E-state index contributed by atoms with van der Waals surface area (Å²) in [6.07, 6.45) is 0.795. The van der Waals surface area contributed by atoms with Crippen molar-refractivity contribution in [2.24, 2.45) is 0 Å². The minimum Gasteiger partial charge on any atom is -0.469 e. The molecule has 6 heteroatoms. The molecule has 0 unspecified atom stereocenters. The zero-order valence-electron chi connectivity index (χ0n) is 10.3. The standard InChI is InChI=1S/C11H18N2O4/c1-3-12-7-8-13(11(16)10(12)15)6-4-5-9(14)17-2/h3-8H2,1-2H3. The molecule has 1 fully saturated rings. The van der Waals surface area contributed by atoms with Crippen LogP contribution in [0.25, 0.3) is 0 Å². The quantitative estimate of drug-likeness (QED) is 0.487. The van der Waals surface area contributed by atoms with E-state index in [0.717, 1.165) is 0 Å². The van der Waals surface area contributed by atoms with E-state index in [9.17, 15) is 14.4 Å². The molecule has 0 bridgehead atoms. The van der Waals surface area contributed by atoms with E-state index in [4.69, 9.17) is 0 Å². The average molecular weight is 242 g/mol. The van der Waals surface area contributed by atoms with Crippen molar-refractivity contribution in [2.45, 2.75) is 19.8 Å². The zero-order valence-corrected chi connectivity index (χ0v) is 10.3. The largest absolute Gasteiger partial charge is 0.469 e. The van der Waals surface area contributed by atoms with Crippen molar-refractivity contribution < 1.29 is 19.1 Å². The van der Waals surface area contributed by atoms with Gasteiger partial charge < -0.3 is 14.5 Å². The fourth-order valence-corrected chi connectivity index (χ4v) is 1.75. The molecular formula is C11H18N2O4. The van der Waals surface area contributed by atoms with Crippen molar-refractivity contribution in [1.82, 2.24) is 9.80 Å². The number of methoxy groups -OCH3 is 1. The topological polar surface area (TPSA) is 66.9 Å². The number of hydrogen-bond donors (Lipinski definition) is 0. The predicted octanol–water partition coefficient (Wildman–Crippen LogP) is -0.370. The first-order chi connectivity index (χ1) is 8.10. The molecule has 17 heavy (non-hydrogen) atoms. The van der Waals surface area contributed by atoms with Gasteiger partial charge >= 0.3 is 17.8 Å². The minimum atomic E-state index is -0.469. The molecule has 0 spiro atoms. The van der Waals surface area contributed by atoms with Crippen molar-refractivity contribution in [1.29, 1.82) is 0 Å². The summed E-state index contributed by atoms with van der Waals surface area (Å²) in [4.78, 5) is 37.1. The highest BCUT2D eigenvalue weighted by molar-refractivity contribution is 6.35. The molecular weight excluding hydrogens is 224 g/mol. The Morgan fingerprint density at radius 2 is 1.82 bits per heavy atom. The lowest BCUT2D eigenvalue weighted by molar-refractivity contribution is -0.156. The van der Waals surface area contributed by atoms with Crippen molar-refractivity contribution in [3.63, 3.8) is 0 Å². The highest BCUT2D eigenvalue weighted by Crippen LogP contribution is 2.06. The van der Waals surface area contributed by atoms with E-state index in [0.29, 0.717) is 32.6 Å². The van der Waals surface area contributed by atoms with Crippen molar-refractivity contribution in [3.05, 3.63) is 0 Å². The van der Waals surface area contributed by atoms with Crippen LogP contribution in [0.15, 0.2) is 0 Å². The summed E-state index contributed by atoms with van der Waals surface area (Å²) in [7, 11) is 1.33. The second-order valence-corrected chi connectivity index (χ2v) is 3.86. The highest BCUT2D eigenvalue weighted by Gasteiger charge is 2.30. The number of esters is 1. The minimum absolute atomic E-state index is 0.270. The Balaban J connectivity index is 2.38. The third-order valence-electron chi connectivity index (χ3n) is 2.82. The molecule has 0 atom stereocenters. The molecule has 1 saturated heterocycles. The Morgan fingerprint density at radius 1 is 1.24 bits per heavy atom. The van der Waals surface area contributed by atoms with Crippen molar-refractivity contribution >= 4 is 17.8 Å². The maximum atomic E-state index is 11.7. The molecule has 0 radical (unpaired) electrons. The van der Waals surface area contributed by atoms with Gasteiger partial charge in [-0.1, -0.05) is 0 Å². The molecule has 1 rings (SSSR count). The van der Waals surface area contributed by atoms with Gasteiger partial charge in [-0.3, -0.25) is 14.4 Å². The number of ether oxygens (including phenoxy) is 1. The Labute approximate surface area is 101 Å². The first-order valence-electron chi connectivity index (χ1n) is 5.75. The van der Waals surface area contributed by atoms with Crippen LogP contribution in [0.4, 0.5) is 0 Å². The van der Waals surface area contributed by atoms with Gasteiger partial charge in [0, 0.05) is 32.6 Å². The zero-order chi connectivity index (χ0) is 12.8. The Kier molecular flexibility index (Phi) is 4.93. The molecule has 1 aliphatic heterocycles. The number of nitrogens with zero attached hydrogens (tertiary/aromatic N) is 2. The van der Waals surface area contributed by atoms with Gasteiger partial charge in [0.05, 0.1) is 7.11 Å². The van der Waals surface area contributed by atoms with E-state index in [1.54, 1.807) is 0 Å². The lowest BCUT2D eigenvalue weighted by atomic mass is 10.2. The number of carbonyl (C=O) groups excluding carboxylic acids is 3.